The van der Waals surface area contributed by atoms with Gasteiger partial charge >= 0.3 is 5.97 Å². The topological polar surface area (TPSA) is 48.4 Å². The summed E-state index contributed by atoms with van der Waals surface area (Å²) in [5.41, 5.74) is 3.52. The Morgan fingerprint density at radius 3 is 2.71 bits per heavy atom. The first-order chi connectivity index (χ1) is 15.0. The van der Waals surface area contributed by atoms with Crippen LogP contribution in [0.1, 0.15) is 45.0 Å². The van der Waals surface area contributed by atoms with E-state index in [1.807, 2.05) is 6.07 Å². The molecule has 3 unspecified atom stereocenters. The molecule has 4 rings (SSSR count). The minimum atomic E-state index is -0.363. The maximum atomic E-state index is 11.5. The number of hydrogen-bond donors (Lipinski definition) is 0. The van der Waals surface area contributed by atoms with Gasteiger partial charge in [-0.2, -0.15) is 0 Å². The number of aryl methyl sites for hydroxylation is 2. The molecule has 1 aliphatic rings. The maximum Gasteiger partial charge on any atom is 0.330 e. The minimum absolute atomic E-state index is 0.0389. The third-order valence-corrected chi connectivity index (χ3v) is 7.25. The number of thiophene rings is 1. The lowest BCUT2D eigenvalue weighted by Gasteiger charge is -2.21. The molecule has 0 saturated heterocycles. The number of fused-ring (bicyclic) bond motifs is 1. The number of carbonyl (C=O) groups excluding carboxylic acids is 1. The molecule has 2 aromatic heterocycles. The van der Waals surface area contributed by atoms with Crippen LogP contribution in [0.15, 0.2) is 49.1 Å². The molecule has 0 N–H and O–H groups in total. The van der Waals surface area contributed by atoms with Gasteiger partial charge in [-0.05, 0) is 67.5 Å². The fraction of sp³-hybridized carbons (Fsp3) is 0.385. The van der Waals surface area contributed by atoms with Crippen molar-refractivity contribution in [3.05, 3.63) is 60.4 Å². The lowest BCUT2D eigenvalue weighted by molar-refractivity contribution is -0.144. The van der Waals surface area contributed by atoms with Crippen LogP contribution in [0.25, 0.3) is 20.5 Å². The molecule has 5 heteroatoms. The summed E-state index contributed by atoms with van der Waals surface area (Å²) in [6.45, 7) is 9.86. The van der Waals surface area contributed by atoms with Crippen molar-refractivity contribution in [3.8, 4) is 16.2 Å². The van der Waals surface area contributed by atoms with Gasteiger partial charge in [-0.1, -0.05) is 27.4 Å². The van der Waals surface area contributed by atoms with Crippen LogP contribution in [0.5, 0.6) is 5.75 Å². The second-order valence-corrected chi connectivity index (χ2v) is 9.17. The lowest BCUT2D eigenvalue weighted by Crippen LogP contribution is -2.27. The molecule has 1 saturated carbocycles. The van der Waals surface area contributed by atoms with Gasteiger partial charge < -0.3 is 9.47 Å². The van der Waals surface area contributed by atoms with Crippen LogP contribution in [-0.2, 0) is 22.4 Å². The summed E-state index contributed by atoms with van der Waals surface area (Å²) in [4.78, 5) is 17.6. The van der Waals surface area contributed by atoms with Crippen LogP contribution < -0.4 is 4.74 Å². The molecule has 1 aromatic carbocycles. The van der Waals surface area contributed by atoms with Crippen LogP contribution >= 0.6 is 11.3 Å². The van der Waals surface area contributed by atoms with Gasteiger partial charge in [-0.15, -0.1) is 11.3 Å². The van der Waals surface area contributed by atoms with Crippen molar-refractivity contribution >= 4 is 27.4 Å². The largest absolute Gasteiger partial charge is 0.490 e. The standard InChI is InChI=1S/C26H29NO3S/c1-5-18-9-11-20(21(6-2)27-18)25-14-17-8-10-19(15-24(17)31-25)29-22-12-13-23(16(22)4)30-26(28)7-3/h7-11,14-16,22-23H,3,5-6,12-13H2,1-2,4H3. The number of aromatic nitrogens is 1. The number of hydrogen-bond acceptors (Lipinski definition) is 5. The summed E-state index contributed by atoms with van der Waals surface area (Å²) in [5.74, 6) is 0.648. The number of nitrogens with zero attached hydrogens (tertiary/aromatic N) is 1. The number of benzene rings is 1. The summed E-state index contributed by atoms with van der Waals surface area (Å²) in [6, 6.07) is 12.9. The fourth-order valence-electron chi connectivity index (χ4n) is 4.25. The van der Waals surface area contributed by atoms with E-state index < -0.39 is 0 Å². The maximum absolute atomic E-state index is 11.5. The Labute approximate surface area is 187 Å². The van der Waals surface area contributed by atoms with Gasteiger partial charge in [-0.25, -0.2) is 4.79 Å². The van der Waals surface area contributed by atoms with E-state index in [9.17, 15) is 4.79 Å². The Morgan fingerprint density at radius 2 is 1.97 bits per heavy atom. The molecule has 1 aliphatic carbocycles. The zero-order valence-electron chi connectivity index (χ0n) is 18.4. The van der Waals surface area contributed by atoms with Crippen LogP contribution in [0.3, 0.4) is 0 Å². The molecule has 0 radical (unpaired) electrons. The van der Waals surface area contributed by atoms with E-state index in [2.05, 4.69) is 57.7 Å². The summed E-state index contributed by atoms with van der Waals surface area (Å²) >= 11 is 1.78. The minimum Gasteiger partial charge on any atom is -0.490 e. The molecule has 0 bridgehead atoms. The van der Waals surface area contributed by atoms with E-state index in [1.54, 1.807) is 11.3 Å². The second-order valence-electron chi connectivity index (χ2n) is 8.09. The Hall–Kier alpha value is -2.66. The third-order valence-electron chi connectivity index (χ3n) is 6.12. The molecule has 3 atom stereocenters. The van der Waals surface area contributed by atoms with Gasteiger partial charge in [0.1, 0.15) is 18.0 Å². The van der Waals surface area contributed by atoms with Crippen molar-refractivity contribution in [3.63, 3.8) is 0 Å². The molecule has 3 aromatic rings. The average Bonchev–Trinajstić information content (AvgIpc) is 3.36. The van der Waals surface area contributed by atoms with Crippen molar-refractivity contribution in [1.29, 1.82) is 0 Å². The van der Waals surface area contributed by atoms with E-state index in [4.69, 9.17) is 14.5 Å². The molecule has 1 fully saturated rings. The summed E-state index contributed by atoms with van der Waals surface area (Å²) in [5, 5.41) is 1.21. The van der Waals surface area contributed by atoms with Crippen molar-refractivity contribution in [2.24, 2.45) is 5.92 Å². The smallest absolute Gasteiger partial charge is 0.330 e. The van der Waals surface area contributed by atoms with E-state index in [0.29, 0.717) is 0 Å². The average molecular weight is 436 g/mol. The molecule has 2 heterocycles. The number of pyridine rings is 1. The fourth-order valence-corrected chi connectivity index (χ4v) is 5.39. The normalized spacial score (nSPS) is 20.7. The van der Waals surface area contributed by atoms with Gasteiger partial charge in [-0.3, -0.25) is 4.98 Å². The first-order valence-corrected chi connectivity index (χ1v) is 11.9. The molecule has 4 nitrogen and oxygen atoms in total. The first kappa shape index (κ1) is 21.6. The van der Waals surface area contributed by atoms with Crippen LogP contribution in [0, 0.1) is 5.92 Å². The van der Waals surface area contributed by atoms with E-state index in [1.165, 1.54) is 26.6 Å². The molecule has 0 spiro atoms. The third kappa shape index (κ3) is 4.52. The Bertz CT molecular complexity index is 1100. The number of esters is 1. The molecular weight excluding hydrogens is 406 g/mol. The highest BCUT2D eigenvalue weighted by Gasteiger charge is 2.36. The Kier molecular flexibility index (Phi) is 6.42. The quantitative estimate of drug-likeness (QED) is 0.320. The molecule has 0 amide bonds. The van der Waals surface area contributed by atoms with Crippen molar-refractivity contribution in [2.45, 2.75) is 58.7 Å². The van der Waals surface area contributed by atoms with Crippen LogP contribution in [0.2, 0.25) is 0 Å². The van der Waals surface area contributed by atoms with Crippen LogP contribution in [-0.4, -0.2) is 23.2 Å². The Morgan fingerprint density at radius 1 is 1.16 bits per heavy atom. The molecule has 31 heavy (non-hydrogen) atoms. The number of ether oxygens (including phenoxy) is 2. The van der Waals surface area contributed by atoms with Crippen molar-refractivity contribution in [2.75, 3.05) is 0 Å². The zero-order chi connectivity index (χ0) is 22.0. The van der Waals surface area contributed by atoms with Gasteiger partial charge in [0.05, 0.1) is 0 Å². The second kappa shape index (κ2) is 9.23. The zero-order valence-corrected chi connectivity index (χ0v) is 19.2. The number of rotatable bonds is 7. The van der Waals surface area contributed by atoms with Gasteiger partial charge in [0.15, 0.2) is 0 Å². The lowest BCUT2D eigenvalue weighted by atomic mass is 10.1. The highest BCUT2D eigenvalue weighted by Crippen LogP contribution is 2.38. The highest BCUT2D eigenvalue weighted by atomic mass is 32.1. The Balaban J connectivity index is 1.54. The first-order valence-electron chi connectivity index (χ1n) is 11.0. The predicted octanol–water partition coefficient (Wildman–Crippen LogP) is 6.36. The van der Waals surface area contributed by atoms with Gasteiger partial charge in [0.25, 0.3) is 0 Å². The monoisotopic (exact) mass is 435 g/mol. The van der Waals surface area contributed by atoms with E-state index >= 15 is 0 Å². The molecule has 162 valence electrons. The van der Waals surface area contributed by atoms with Crippen molar-refractivity contribution in [1.82, 2.24) is 4.98 Å². The van der Waals surface area contributed by atoms with Gasteiger partial charge in [0, 0.05) is 38.5 Å². The SMILES string of the molecule is C=CC(=O)OC1CCC(Oc2ccc3cc(-c4ccc(CC)nc4CC)sc3c2)C1C. The van der Waals surface area contributed by atoms with Crippen LogP contribution in [0.4, 0.5) is 0 Å². The molecular formula is C26H29NO3S. The van der Waals surface area contributed by atoms with Crippen molar-refractivity contribution < 1.29 is 14.3 Å². The highest BCUT2D eigenvalue weighted by molar-refractivity contribution is 7.22. The number of carbonyl (C=O) groups is 1. The van der Waals surface area contributed by atoms with E-state index in [-0.39, 0.29) is 24.1 Å². The predicted molar refractivity (Wildman–Crippen MR) is 127 cm³/mol. The van der Waals surface area contributed by atoms with E-state index in [0.717, 1.165) is 42.8 Å². The van der Waals surface area contributed by atoms with Gasteiger partial charge in [0.2, 0.25) is 0 Å². The summed E-state index contributed by atoms with van der Waals surface area (Å²) < 4.78 is 13.0. The summed E-state index contributed by atoms with van der Waals surface area (Å²) in [7, 11) is 0. The molecule has 0 aliphatic heterocycles. The summed E-state index contributed by atoms with van der Waals surface area (Å²) in [6.07, 6.45) is 4.71.